The van der Waals surface area contributed by atoms with Gasteiger partial charge in [0.15, 0.2) is 0 Å². The molecular formula is C18H14Cl2N2O2. The fourth-order valence-electron chi connectivity index (χ4n) is 2.45. The Hall–Kier alpha value is -2.30. The van der Waals surface area contributed by atoms with Crippen LogP contribution in [-0.4, -0.2) is 17.4 Å². The van der Waals surface area contributed by atoms with Crippen molar-refractivity contribution in [1.29, 1.82) is 0 Å². The number of rotatable bonds is 4. The topological polar surface area (TPSA) is 62.0 Å². The van der Waals surface area contributed by atoms with Gasteiger partial charge in [-0.25, -0.2) is 0 Å². The maximum absolute atomic E-state index is 12.3. The molecule has 0 atom stereocenters. The molecule has 2 aromatic carbocycles. The number of aromatic nitrogens is 1. The summed E-state index contributed by atoms with van der Waals surface area (Å²) >= 11 is 12.0. The quantitative estimate of drug-likeness (QED) is 0.742. The number of nitrogens with one attached hydrogen (secondary N) is 2. The molecule has 3 rings (SSSR count). The molecule has 122 valence electrons. The zero-order valence-corrected chi connectivity index (χ0v) is 14.1. The van der Waals surface area contributed by atoms with E-state index < -0.39 is 11.5 Å². The summed E-state index contributed by atoms with van der Waals surface area (Å²) in [5.41, 5.74) is 1.27. The van der Waals surface area contributed by atoms with E-state index in [-0.39, 0.29) is 5.56 Å². The lowest BCUT2D eigenvalue weighted by atomic mass is 10.1. The summed E-state index contributed by atoms with van der Waals surface area (Å²) in [4.78, 5) is 27.0. The van der Waals surface area contributed by atoms with Gasteiger partial charge < -0.3 is 10.3 Å². The van der Waals surface area contributed by atoms with Crippen LogP contribution in [0.15, 0.2) is 53.3 Å². The zero-order chi connectivity index (χ0) is 17.1. The second-order valence-electron chi connectivity index (χ2n) is 5.34. The highest BCUT2D eigenvalue weighted by Gasteiger charge is 2.11. The molecule has 4 nitrogen and oxygen atoms in total. The normalized spacial score (nSPS) is 10.8. The third-order valence-electron chi connectivity index (χ3n) is 3.69. The zero-order valence-electron chi connectivity index (χ0n) is 12.6. The highest BCUT2D eigenvalue weighted by atomic mass is 35.5. The summed E-state index contributed by atoms with van der Waals surface area (Å²) in [5.74, 6) is -0.410. The van der Waals surface area contributed by atoms with Crippen molar-refractivity contribution in [2.75, 3.05) is 6.54 Å². The van der Waals surface area contributed by atoms with Crippen LogP contribution in [0.25, 0.3) is 10.9 Å². The fourth-order valence-corrected chi connectivity index (χ4v) is 2.95. The highest BCUT2D eigenvalue weighted by Crippen LogP contribution is 2.21. The molecule has 0 radical (unpaired) electrons. The third-order valence-corrected chi connectivity index (χ3v) is 4.28. The Morgan fingerprint density at radius 3 is 2.67 bits per heavy atom. The number of carbonyl (C=O) groups is 1. The van der Waals surface area contributed by atoms with Crippen molar-refractivity contribution in [1.82, 2.24) is 10.3 Å². The van der Waals surface area contributed by atoms with Gasteiger partial charge in [0.1, 0.15) is 5.56 Å². The summed E-state index contributed by atoms with van der Waals surface area (Å²) in [5, 5.41) is 4.67. The minimum absolute atomic E-state index is 0.0934. The molecule has 1 amide bonds. The molecular weight excluding hydrogens is 347 g/mol. The van der Waals surface area contributed by atoms with Gasteiger partial charge >= 0.3 is 0 Å². The van der Waals surface area contributed by atoms with Gasteiger partial charge in [-0.2, -0.15) is 0 Å². The lowest BCUT2D eigenvalue weighted by molar-refractivity contribution is 0.0953. The third kappa shape index (κ3) is 3.61. The van der Waals surface area contributed by atoms with Crippen LogP contribution in [0.4, 0.5) is 0 Å². The van der Waals surface area contributed by atoms with Crippen molar-refractivity contribution in [2.45, 2.75) is 6.42 Å². The molecule has 3 aromatic rings. The number of amides is 1. The van der Waals surface area contributed by atoms with Gasteiger partial charge in [-0.05, 0) is 41.6 Å². The number of halogens is 2. The first-order chi connectivity index (χ1) is 11.5. The van der Waals surface area contributed by atoms with Crippen LogP contribution in [0.3, 0.4) is 0 Å². The van der Waals surface area contributed by atoms with Gasteiger partial charge in [0.05, 0.1) is 0 Å². The van der Waals surface area contributed by atoms with Gasteiger partial charge in [-0.3, -0.25) is 9.59 Å². The summed E-state index contributed by atoms with van der Waals surface area (Å²) in [6.45, 7) is 0.368. The molecule has 24 heavy (non-hydrogen) atoms. The molecule has 0 fully saturated rings. The molecule has 0 saturated heterocycles. The van der Waals surface area contributed by atoms with Gasteiger partial charge in [-0.1, -0.05) is 47.5 Å². The first-order valence-corrected chi connectivity index (χ1v) is 8.14. The number of hydrogen-bond acceptors (Lipinski definition) is 2. The average molecular weight is 361 g/mol. The van der Waals surface area contributed by atoms with Crippen LogP contribution in [0.1, 0.15) is 15.9 Å². The minimum Gasteiger partial charge on any atom is -0.352 e. The Kier molecular flexibility index (Phi) is 4.88. The Balaban J connectivity index is 1.71. The number of H-pyrrole nitrogens is 1. The van der Waals surface area contributed by atoms with Gasteiger partial charge in [-0.15, -0.1) is 0 Å². The number of hydrogen-bond donors (Lipinski definition) is 2. The molecule has 0 aliphatic rings. The lowest BCUT2D eigenvalue weighted by Crippen LogP contribution is -2.31. The Labute approximate surface area is 148 Å². The van der Waals surface area contributed by atoms with Crippen LogP contribution in [0, 0.1) is 0 Å². The summed E-state index contributed by atoms with van der Waals surface area (Å²) < 4.78 is 0. The van der Waals surface area contributed by atoms with E-state index in [0.717, 1.165) is 10.9 Å². The second kappa shape index (κ2) is 7.07. The molecule has 1 heterocycles. The van der Waals surface area contributed by atoms with Gasteiger partial charge in [0.25, 0.3) is 11.5 Å². The minimum atomic E-state index is -0.410. The first kappa shape index (κ1) is 16.6. The molecule has 0 aliphatic carbocycles. The van der Waals surface area contributed by atoms with Crippen molar-refractivity contribution in [2.24, 2.45) is 0 Å². The molecule has 0 saturated carbocycles. The Bertz CT molecular complexity index is 967. The van der Waals surface area contributed by atoms with E-state index in [9.17, 15) is 9.59 Å². The number of benzene rings is 2. The number of para-hydroxylation sites is 1. The summed E-state index contributed by atoms with van der Waals surface area (Å²) in [6.07, 6.45) is 0.549. The number of fused-ring (bicyclic) bond motifs is 1. The van der Waals surface area contributed by atoms with E-state index in [1.54, 1.807) is 24.3 Å². The van der Waals surface area contributed by atoms with Crippen LogP contribution < -0.4 is 10.9 Å². The number of aromatic amines is 1. The molecule has 6 heteroatoms. The largest absolute Gasteiger partial charge is 0.352 e. The Morgan fingerprint density at radius 2 is 1.88 bits per heavy atom. The lowest BCUT2D eigenvalue weighted by Gasteiger charge is -2.07. The first-order valence-electron chi connectivity index (χ1n) is 7.39. The standard InChI is InChI=1S/C18H14Cl2N2O2/c19-13-6-5-11(15(20)10-13)7-8-21-17(23)14-9-12-3-1-2-4-16(12)22-18(14)24/h1-6,9-10H,7-8H2,(H,21,23)(H,22,24). The van der Waals surface area contributed by atoms with Crippen molar-refractivity contribution in [3.63, 3.8) is 0 Å². The average Bonchev–Trinajstić information content (AvgIpc) is 2.56. The van der Waals surface area contributed by atoms with E-state index >= 15 is 0 Å². The van der Waals surface area contributed by atoms with E-state index in [2.05, 4.69) is 10.3 Å². The second-order valence-corrected chi connectivity index (χ2v) is 6.18. The van der Waals surface area contributed by atoms with E-state index in [1.807, 2.05) is 24.3 Å². The summed E-state index contributed by atoms with van der Waals surface area (Å²) in [6, 6.07) is 14.1. The van der Waals surface area contributed by atoms with Crippen LogP contribution >= 0.6 is 23.2 Å². The molecule has 2 N–H and O–H groups in total. The van der Waals surface area contributed by atoms with Crippen LogP contribution in [0.2, 0.25) is 10.0 Å². The monoisotopic (exact) mass is 360 g/mol. The fraction of sp³-hybridized carbons (Fsp3) is 0.111. The van der Waals surface area contributed by atoms with E-state index in [0.29, 0.717) is 28.5 Å². The Morgan fingerprint density at radius 1 is 1.08 bits per heavy atom. The van der Waals surface area contributed by atoms with Crippen LogP contribution in [-0.2, 0) is 6.42 Å². The van der Waals surface area contributed by atoms with E-state index in [4.69, 9.17) is 23.2 Å². The van der Waals surface area contributed by atoms with E-state index in [1.165, 1.54) is 0 Å². The maximum atomic E-state index is 12.3. The van der Waals surface area contributed by atoms with Crippen molar-refractivity contribution in [3.05, 3.63) is 80.1 Å². The number of pyridine rings is 1. The molecule has 0 aliphatic heterocycles. The van der Waals surface area contributed by atoms with Crippen molar-refractivity contribution < 1.29 is 4.79 Å². The smallest absolute Gasteiger partial charge is 0.261 e. The molecule has 0 unspecified atom stereocenters. The molecule has 0 bridgehead atoms. The van der Waals surface area contributed by atoms with Gasteiger partial charge in [0.2, 0.25) is 0 Å². The predicted molar refractivity (Wildman–Crippen MR) is 97.1 cm³/mol. The highest BCUT2D eigenvalue weighted by molar-refractivity contribution is 6.35. The van der Waals surface area contributed by atoms with Crippen molar-refractivity contribution in [3.8, 4) is 0 Å². The molecule has 1 aromatic heterocycles. The SMILES string of the molecule is O=C(NCCc1ccc(Cl)cc1Cl)c1cc2ccccc2[nH]c1=O. The van der Waals surface area contributed by atoms with Gasteiger partial charge in [0, 0.05) is 22.1 Å². The summed E-state index contributed by atoms with van der Waals surface area (Å²) in [7, 11) is 0. The maximum Gasteiger partial charge on any atom is 0.261 e. The van der Waals surface area contributed by atoms with Crippen LogP contribution in [0.5, 0.6) is 0 Å². The molecule has 0 spiro atoms. The van der Waals surface area contributed by atoms with Crippen molar-refractivity contribution >= 4 is 40.0 Å². The number of carbonyl (C=O) groups excluding carboxylic acids is 1. The predicted octanol–water partition coefficient (Wildman–Crippen LogP) is 3.81.